The number of aromatic nitrogens is 2. The Morgan fingerprint density at radius 3 is 2.72 bits per heavy atom. The summed E-state index contributed by atoms with van der Waals surface area (Å²) in [7, 11) is 1.61. The topological polar surface area (TPSA) is 89.7 Å². The molecule has 1 aromatic heterocycles. The average molecular weight is 394 g/mol. The molecule has 1 aliphatic rings. The predicted molar refractivity (Wildman–Crippen MR) is 108 cm³/mol. The van der Waals surface area contributed by atoms with Crippen molar-refractivity contribution in [2.75, 3.05) is 43.6 Å². The van der Waals surface area contributed by atoms with Gasteiger partial charge in [-0.3, -0.25) is 4.79 Å². The third kappa shape index (κ3) is 4.72. The zero-order valence-corrected chi connectivity index (χ0v) is 16.1. The van der Waals surface area contributed by atoms with Crippen molar-refractivity contribution in [3.05, 3.63) is 54.4 Å². The molecule has 0 atom stereocenters. The minimum atomic E-state index is -0.214. The second-order valence-corrected chi connectivity index (χ2v) is 6.61. The van der Waals surface area contributed by atoms with Crippen LogP contribution in [0.5, 0.6) is 5.75 Å². The van der Waals surface area contributed by atoms with E-state index < -0.39 is 0 Å². The molecule has 0 radical (unpaired) electrons. The number of nitrogens with one attached hydrogen (secondary N) is 1. The number of benzene rings is 2. The largest absolute Gasteiger partial charge is 0.497 e. The van der Waals surface area contributed by atoms with E-state index in [-0.39, 0.29) is 18.2 Å². The van der Waals surface area contributed by atoms with Gasteiger partial charge in [-0.05, 0) is 42.5 Å². The van der Waals surface area contributed by atoms with Crippen LogP contribution in [-0.2, 0) is 16.0 Å². The third-order valence-corrected chi connectivity index (χ3v) is 4.63. The summed E-state index contributed by atoms with van der Waals surface area (Å²) >= 11 is 0. The molecule has 8 heteroatoms. The van der Waals surface area contributed by atoms with Crippen LogP contribution in [0.1, 0.15) is 5.89 Å². The minimum absolute atomic E-state index is 0.00490. The zero-order valence-electron chi connectivity index (χ0n) is 16.1. The summed E-state index contributed by atoms with van der Waals surface area (Å²) in [4.78, 5) is 19.0. The highest BCUT2D eigenvalue weighted by Gasteiger charge is 2.15. The Morgan fingerprint density at radius 1 is 1.17 bits per heavy atom. The fourth-order valence-corrected chi connectivity index (χ4v) is 3.13. The fourth-order valence-electron chi connectivity index (χ4n) is 3.13. The molecule has 0 bridgehead atoms. The molecule has 150 valence electrons. The van der Waals surface area contributed by atoms with E-state index in [0.29, 0.717) is 19.0 Å². The molecule has 1 N–H and O–H groups in total. The third-order valence-electron chi connectivity index (χ3n) is 4.63. The monoisotopic (exact) mass is 394 g/mol. The first-order chi connectivity index (χ1) is 14.2. The van der Waals surface area contributed by atoms with Crippen molar-refractivity contribution in [2.24, 2.45) is 0 Å². The highest BCUT2D eigenvalue weighted by atomic mass is 16.5. The number of hydrogen-bond donors (Lipinski definition) is 1. The van der Waals surface area contributed by atoms with Crippen molar-refractivity contribution in [3.63, 3.8) is 0 Å². The molecule has 4 rings (SSSR count). The molecule has 1 amide bonds. The molecule has 0 aliphatic carbocycles. The summed E-state index contributed by atoms with van der Waals surface area (Å²) in [6.45, 7) is 3.11. The van der Waals surface area contributed by atoms with Crippen LogP contribution in [0.15, 0.2) is 53.1 Å². The lowest BCUT2D eigenvalue weighted by Crippen LogP contribution is -2.36. The van der Waals surface area contributed by atoms with E-state index in [2.05, 4.69) is 20.4 Å². The zero-order chi connectivity index (χ0) is 20.1. The lowest BCUT2D eigenvalue weighted by molar-refractivity contribution is -0.115. The smallest absolute Gasteiger partial charge is 0.236 e. The Morgan fingerprint density at radius 2 is 1.97 bits per heavy atom. The molecule has 8 nitrogen and oxygen atoms in total. The van der Waals surface area contributed by atoms with Crippen molar-refractivity contribution in [3.8, 4) is 17.1 Å². The number of carbonyl (C=O) groups excluding carboxylic acids is 1. The first-order valence-electron chi connectivity index (χ1n) is 9.41. The van der Waals surface area contributed by atoms with Crippen molar-refractivity contribution in [1.29, 1.82) is 0 Å². The van der Waals surface area contributed by atoms with Gasteiger partial charge in [0, 0.05) is 30.0 Å². The van der Waals surface area contributed by atoms with E-state index in [1.165, 1.54) is 0 Å². The number of hydrogen-bond acceptors (Lipinski definition) is 7. The maximum absolute atomic E-state index is 12.4. The number of anilines is 2. The van der Waals surface area contributed by atoms with Gasteiger partial charge in [-0.15, -0.1) is 0 Å². The maximum atomic E-state index is 12.4. The van der Waals surface area contributed by atoms with E-state index in [1.54, 1.807) is 7.11 Å². The minimum Gasteiger partial charge on any atom is -0.497 e. The number of ether oxygens (including phenoxy) is 2. The predicted octanol–water partition coefficient (Wildman–Crippen LogP) is 2.76. The van der Waals surface area contributed by atoms with Crippen LogP contribution in [0.2, 0.25) is 0 Å². The van der Waals surface area contributed by atoms with Gasteiger partial charge in [0.25, 0.3) is 0 Å². The van der Waals surface area contributed by atoms with Crippen molar-refractivity contribution >= 4 is 17.3 Å². The highest BCUT2D eigenvalue weighted by molar-refractivity contribution is 5.92. The fraction of sp³-hybridized carbons (Fsp3) is 0.286. The molecule has 0 saturated carbocycles. The first-order valence-corrected chi connectivity index (χ1v) is 9.41. The van der Waals surface area contributed by atoms with E-state index in [9.17, 15) is 4.79 Å². The van der Waals surface area contributed by atoms with E-state index >= 15 is 0 Å². The summed E-state index contributed by atoms with van der Waals surface area (Å²) in [5.41, 5.74) is 2.58. The van der Waals surface area contributed by atoms with Crippen LogP contribution in [0.4, 0.5) is 11.4 Å². The number of methoxy groups -OCH3 is 1. The highest BCUT2D eigenvalue weighted by Crippen LogP contribution is 2.22. The summed E-state index contributed by atoms with van der Waals surface area (Å²) in [6.07, 6.45) is 0.00490. The van der Waals surface area contributed by atoms with Crippen LogP contribution in [-0.4, -0.2) is 49.5 Å². The molecule has 2 heterocycles. The van der Waals surface area contributed by atoms with Crippen LogP contribution < -0.4 is 15.0 Å². The number of rotatable bonds is 6. The lowest BCUT2D eigenvalue weighted by Gasteiger charge is -2.29. The number of nitrogens with zero attached hydrogens (tertiary/aromatic N) is 3. The molecule has 2 aromatic carbocycles. The molecular formula is C21H22N4O4. The number of morpholine rings is 1. The summed E-state index contributed by atoms with van der Waals surface area (Å²) in [5.74, 6) is 1.23. The normalized spacial score (nSPS) is 13.9. The van der Waals surface area contributed by atoms with Crippen LogP contribution >= 0.6 is 0 Å². The lowest BCUT2D eigenvalue weighted by atomic mass is 10.2. The van der Waals surface area contributed by atoms with Gasteiger partial charge in [0.2, 0.25) is 17.6 Å². The molecule has 1 fully saturated rings. The Bertz CT molecular complexity index is 965. The van der Waals surface area contributed by atoms with E-state index in [1.807, 2.05) is 48.5 Å². The van der Waals surface area contributed by atoms with Crippen LogP contribution in [0.25, 0.3) is 11.4 Å². The van der Waals surface area contributed by atoms with Crippen LogP contribution in [0, 0.1) is 0 Å². The molecule has 1 aliphatic heterocycles. The van der Waals surface area contributed by atoms with Gasteiger partial charge in [0.05, 0.1) is 20.3 Å². The summed E-state index contributed by atoms with van der Waals surface area (Å²) in [6, 6.07) is 15.1. The van der Waals surface area contributed by atoms with Gasteiger partial charge in [-0.25, -0.2) is 0 Å². The van der Waals surface area contributed by atoms with Gasteiger partial charge < -0.3 is 24.2 Å². The average Bonchev–Trinajstić information content (AvgIpc) is 3.23. The Kier molecular flexibility index (Phi) is 5.71. The summed E-state index contributed by atoms with van der Waals surface area (Å²) < 4.78 is 15.8. The molecule has 0 spiro atoms. The second-order valence-electron chi connectivity index (χ2n) is 6.61. The van der Waals surface area contributed by atoms with E-state index in [0.717, 1.165) is 35.8 Å². The van der Waals surface area contributed by atoms with Gasteiger partial charge in [-0.1, -0.05) is 11.2 Å². The Balaban J connectivity index is 1.38. The van der Waals surface area contributed by atoms with Gasteiger partial charge >= 0.3 is 0 Å². The van der Waals surface area contributed by atoms with Gasteiger partial charge in [-0.2, -0.15) is 4.98 Å². The number of amides is 1. The molecule has 29 heavy (non-hydrogen) atoms. The summed E-state index contributed by atoms with van der Waals surface area (Å²) in [5, 5.41) is 6.84. The Labute approximate surface area is 168 Å². The molecule has 3 aromatic rings. The van der Waals surface area contributed by atoms with Crippen molar-refractivity contribution < 1.29 is 18.8 Å². The molecule has 1 saturated heterocycles. The van der Waals surface area contributed by atoms with Gasteiger partial charge in [0.1, 0.15) is 12.2 Å². The Hall–Kier alpha value is -3.39. The second kappa shape index (κ2) is 8.74. The SMILES string of the molecule is COc1ccc(-c2noc(CC(=O)Nc3cccc(N4CCOCC4)c3)n2)cc1. The standard InChI is InChI=1S/C21H22N4O4/c1-27-18-7-5-15(6-8-18)21-23-20(29-24-21)14-19(26)22-16-3-2-4-17(13-16)25-9-11-28-12-10-25/h2-8,13H,9-12,14H2,1H3,(H,22,26). The van der Waals surface area contributed by atoms with Crippen molar-refractivity contribution in [2.45, 2.75) is 6.42 Å². The number of carbonyl (C=O) groups is 1. The quantitative estimate of drug-likeness (QED) is 0.687. The van der Waals surface area contributed by atoms with Crippen molar-refractivity contribution in [1.82, 2.24) is 10.1 Å². The molecule has 0 unspecified atom stereocenters. The molecular weight excluding hydrogens is 372 g/mol. The van der Waals surface area contributed by atoms with Crippen LogP contribution in [0.3, 0.4) is 0 Å². The van der Waals surface area contributed by atoms with E-state index in [4.69, 9.17) is 14.0 Å². The maximum Gasteiger partial charge on any atom is 0.236 e. The first kappa shape index (κ1) is 18.9. The van der Waals surface area contributed by atoms with Gasteiger partial charge in [0.15, 0.2) is 0 Å².